The van der Waals surface area contributed by atoms with E-state index >= 15 is 0 Å². The maximum absolute atomic E-state index is 10.8. The van der Waals surface area contributed by atoms with Crippen LogP contribution in [-0.2, 0) is 9.53 Å². The Morgan fingerprint density at radius 3 is 2.73 bits per heavy atom. The van der Waals surface area contributed by atoms with Gasteiger partial charge in [-0.15, -0.1) is 0 Å². The number of rotatable bonds is 1. The Morgan fingerprint density at radius 1 is 1.64 bits per heavy atom. The maximum atomic E-state index is 10.8. The molecule has 0 fully saturated rings. The van der Waals surface area contributed by atoms with E-state index in [1.807, 2.05) is 0 Å². The topological polar surface area (TPSA) is 38.7 Å². The maximum Gasteiger partial charge on any atom is 0.351 e. The number of carbonyl (C=O) groups excluding carboxylic acids is 1. The van der Waals surface area contributed by atoms with Crippen molar-refractivity contribution in [1.82, 2.24) is 0 Å². The zero-order valence-corrected chi connectivity index (χ0v) is 7.13. The third kappa shape index (κ3) is 1.79. The van der Waals surface area contributed by atoms with E-state index in [4.69, 9.17) is 4.74 Å². The number of hydrogen-bond donors (Lipinski definition) is 0. The lowest BCUT2D eigenvalue weighted by Crippen LogP contribution is -2.32. The average molecular weight is 155 g/mol. The summed E-state index contributed by atoms with van der Waals surface area (Å²) in [7, 11) is 0. The number of hydrogen-bond acceptors (Lipinski definition) is 3. The number of ether oxygens (including phenoxy) is 1. The van der Waals surface area contributed by atoms with Crippen molar-refractivity contribution in [3.05, 3.63) is 0 Å². The minimum atomic E-state index is -0.276. The van der Waals surface area contributed by atoms with E-state index in [0.717, 1.165) is 0 Å². The van der Waals surface area contributed by atoms with Gasteiger partial charge in [0.25, 0.3) is 0 Å². The molecule has 0 saturated heterocycles. The summed E-state index contributed by atoms with van der Waals surface area (Å²) >= 11 is 0. The molecule has 1 atom stereocenters. The zero-order valence-electron chi connectivity index (χ0n) is 7.13. The molecule has 1 heterocycles. The zero-order chi connectivity index (χ0) is 8.43. The molecule has 3 nitrogen and oxygen atoms in total. The second-order valence-corrected chi connectivity index (χ2v) is 3.12. The fraction of sp³-hybridized carbons (Fsp3) is 0.750. The average Bonchev–Trinajstić information content (AvgIpc) is 1.94. The first-order valence-electron chi connectivity index (χ1n) is 3.83. The van der Waals surface area contributed by atoms with Crippen LogP contribution in [-0.4, -0.2) is 24.3 Å². The van der Waals surface area contributed by atoms with Gasteiger partial charge in [0.1, 0.15) is 12.3 Å². The van der Waals surface area contributed by atoms with Crippen LogP contribution in [0.5, 0.6) is 0 Å². The van der Waals surface area contributed by atoms with Gasteiger partial charge in [-0.1, -0.05) is 13.8 Å². The first-order valence-corrected chi connectivity index (χ1v) is 3.83. The number of nitrogens with zero attached hydrogens (tertiary/aromatic N) is 1. The smallest absolute Gasteiger partial charge is 0.351 e. The summed E-state index contributed by atoms with van der Waals surface area (Å²) < 4.78 is 4.89. The van der Waals surface area contributed by atoms with E-state index in [1.54, 1.807) is 6.92 Å². The number of aliphatic imine (C=N–C) groups is 1. The van der Waals surface area contributed by atoms with Crippen molar-refractivity contribution < 1.29 is 9.53 Å². The summed E-state index contributed by atoms with van der Waals surface area (Å²) in [6.45, 7) is 6.27. The van der Waals surface area contributed by atoms with Gasteiger partial charge in [-0.05, 0) is 12.8 Å². The Bertz CT molecular complexity index is 196. The summed E-state index contributed by atoms with van der Waals surface area (Å²) in [5, 5.41) is 0. The SMILES string of the molecule is CC1=N[C@@H](C(C)C)COC1=O. The molecule has 3 heteroatoms. The van der Waals surface area contributed by atoms with Gasteiger partial charge in [0.15, 0.2) is 0 Å². The summed E-state index contributed by atoms with van der Waals surface area (Å²) in [4.78, 5) is 15.0. The van der Waals surface area contributed by atoms with Crippen LogP contribution in [0.15, 0.2) is 4.99 Å². The molecular weight excluding hydrogens is 142 g/mol. The molecule has 0 saturated carbocycles. The minimum Gasteiger partial charge on any atom is -0.459 e. The highest BCUT2D eigenvalue weighted by molar-refractivity contribution is 6.35. The highest BCUT2D eigenvalue weighted by Gasteiger charge is 2.22. The molecule has 0 unspecified atom stereocenters. The predicted octanol–water partition coefficient (Wildman–Crippen LogP) is 1.03. The van der Waals surface area contributed by atoms with Crippen molar-refractivity contribution >= 4 is 11.7 Å². The van der Waals surface area contributed by atoms with E-state index in [1.165, 1.54) is 0 Å². The monoisotopic (exact) mass is 155 g/mol. The van der Waals surface area contributed by atoms with Crippen LogP contribution in [0.4, 0.5) is 0 Å². The van der Waals surface area contributed by atoms with Crippen LogP contribution in [0.3, 0.4) is 0 Å². The lowest BCUT2D eigenvalue weighted by molar-refractivity contribution is -0.137. The Morgan fingerprint density at radius 2 is 2.27 bits per heavy atom. The molecule has 0 N–H and O–H groups in total. The fourth-order valence-electron chi connectivity index (χ4n) is 0.946. The van der Waals surface area contributed by atoms with Crippen LogP contribution in [0.2, 0.25) is 0 Å². The van der Waals surface area contributed by atoms with Gasteiger partial charge in [0.2, 0.25) is 0 Å². The van der Waals surface area contributed by atoms with Crippen molar-refractivity contribution in [2.24, 2.45) is 10.9 Å². The Hall–Kier alpha value is -0.860. The van der Waals surface area contributed by atoms with Gasteiger partial charge in [-0.3, -0.25) is 4.99 Å². The molecule has 0 bridgehead atoms. The van der Waals surface area contributed by atoms with Crippen molar-refractivity contribution in [2.75, 3.05) is 6.61 Å². The van der Waals surface area contributed by atoms with Crippen LogP contribution in [0, 0.1) is 5.92 Å². The third-order valence-corrected chi connectivity index (χ3v) is 1.81. The van der Waals surface area contributed by atoms with Crippen LogP contribution >= 0.6 is 0 Å². The molecule has 0 spiro atoms. The number of esters is 1. The van der Waals surface area contributed by atoms with Gasteiger partial charge >= 0.3 is 5.97 Å². The summed E-state index contributed by atoms with van der Waals surface area (Å²) in [5.74, 6) is 0.167. The molecular formula is C8H13NO2. The van der Waals surface area contributed by atoms with Crippen LogP contribution < -0.4 is 0 Å². The highest BCUT2D eigenvalue weighted by Crippen LogP contribution is 2.11. The Kier molecular flexibility index (Phi) is 2.27. The second-order valence-electron chi connectivity index (χ2n) is 3.12. The summed E-state index contributed by atoms with van der Waals surface area (Å²) in [6.07, 6.45) is 0. The summed E-state index contributed by atoms with van der Waals surface area (Å²) in [6, 6.07) is 0.160. The van der Waals surface area contributed by atoms with Crippen molar-refractivity contribution in [1.29, 1.82) is 0 Å². The lowest BCUT2D eigenvalue weighted by atomic mass is 10.1. The van der Waals surface area contributed by atoms with Crippen LogP contribution in [0.25, 0.3) is 0 Å². The molecule has 1 aliphatic heterocycles. The fourth-order valence-corrected chi connectivity index (χ4v) is 0.946. The van der Waals surface area contributed by atoms with Gasteiger partial charge in [-0.25, -0.2) is 4.79 Å². The molecule has 0 amide bonds. The Balaban J connectivity index is 2.69. The van der Waals surface area contributed by atoms with Gasteiger partial charge in [0.05, 0.1) is 6.04 Å². The molecule has 0 aromatic rings. The largest absolute Gasteiger partial charge is 0.459 e. The minimum absolute atomic E-state index is 0.160. The lowest BCUT2D eigenvalue weighted by Gasteiger charge is -2.21. The first kappa shape index (κ1) is 8.24. The van der Waals surface area contributed by atoms with Gasteiger partial charge < -0.3 is 4.74 Å². The first-order chi connectivity index (χ1) is 5.11. The standard InChI is InChI=1S/C8H13NO2/c1-5(2)7-4-11-8(10)6(3)9-7/h5,7H,4H2,1-3H3/t7-/m1/s1. The number of cyclic esters (lactones) is 1. The van der Waals surface area contributed by atoms with E-state index in [-0.39, 0.29) is 12.0 Å². The van der Waals surface area contributed by atoms with Crippen LogP contribution in [0.1, 0.15) is 20.8 Å². The molecule has 1 rings (SSSR count). The summed E-state index contributed by atoms with van der Waals surface area (Å²) in [5.41, 5.74) is 0.495. The third-order valence-electron chi connectivity index (χ3n) is 1.81. The second kappa shape index (κ2) is 3.03. The molecule has 0 aromatic heterocycles. The molecule has 11 heavy (non-hydrogen) atoms. The quantitative estimate of drug-likeness (QED) is 0.530. The molecule has 0 aliphatic carbocycles. The highest BCUT2D eigenvalue weighted by atomic mass is 16.5. The van der Waals surface area contributed by atoms with Gasteiger partial charge in [0, 0.05) is 0 Å². The van der Waals surface area contributed by atoms with Gasteiger partial charge in [-0.2, -0.15) is 0 Å². The van der Waals surface area contributed by atoms with E-state index in [0.29, 0.717) is 18.2 Å². The van der Waals surface area contributed by atoms with E-state index in [9.17, 15) is 4.79 Å². The predicted molar refractivity (Wildman–Crippen MR) is 42.7 cm³/mol. The van der Waals surface area contributed by atoms with Crippen molar-refractivity contribution in [3.63, 3.8) is 0 Å². The van der Waals surface area contributed by atoms with Crippen molar-refractivity contribution in [2.45, 2.75) is 26.8 Å². The molecule has 1 aliphatic rings. The Labute approximate surface area is 66.5 Å². The number of carbonyl (C=O) groups is 1. The molecule has 0 radical (unpaired) electrons. The van der Waals surface area contributed by atoms with Crippen molar-refractivity contribution in [3.8, 4) is 0 Å². The van der Waals surface area contributed by atoms with E-state index < -0.39 is 0 Å². The van der Waals surface area contributed by atoms with E-state index in [2.05, 4.69) is 18.8 Å². The molecule has 0 aromatic carbocycles. The molecule has 62 valence electrons. The normalized spacial score (nSPS) is 24.9.